The van der Waals surface area contributed by atoms with Crippen molar-refractivity contribution >= 4 is 15.8 Å². The van der Waals surface area contributed by atoms with Gasteiger partial charge in [-0.15, -0.1) is 4.91 Å². The first-order valence-electron chi connectivity index (χ1n) is 4.64. The molecule has 0 bridgehead atoms. The zero-order chi connectivity index (χ0) is 13.1. The molecule has 1 rings (SSSR count). The number of hydrogen-bond donors (Lipinski definition) is 0. The van der Waals surface area contributed by atoms with Crippen LogP contribution in [0.4, 0.5) is 0 Å². The number of esters is 1. The summed E-state index contributed by atoms with van der Waals surface area (Å²) in [6.45, 7) is 1.78. The predicted octanol–water partition coefficient (Wildman–Crippen LogP) is 1.03. The molecule has 0 saturated heterocycles. The van der Waals surface area contributed by atoms with E-state index in [-0.39, 0.29) is 4.90 Å². The van der Waals surface area contributed by atoms with Crippen LogP contribution >= 0.6 is 0 Å². The lowest BCUT2D eigenvalue weighted by molar-refractivity contribution is -0.139. The van der Waals surface area contributed by atoms with Gasteiger partial charge in [0.1, 0.15) is 0 Å². The molecule has 0 radical (unpaired) electrons. The Morgan fingerprint density at radius 3 is 2.24 bits per heavy atom. The van der Waals surface area contributed by atoms with Crippen molar-refractivity contribution in [2.24, 2.45) is 5.18 Å². The number of rotatable bonds is 4. The first kappa shape index (κ1) is 13.3. The number of nitroso groups, excluding NO2 is 1. The van der Waals surface area contributed by atoms with Gasteiger partial charge in [0.25, 0.3) is 5.37 Å². The maximum absolute atomic E-state index is 11.9. The number of carbonyl (C=O) groups is 1. The minimum absolute atomic E-state index is 0.141. The second-order valence-corrected chi connectivity index (χ2v) is 5.35. The molecule has 1 aromatic rings. The predicted molar refractivity (Wildman–Crippen MR) is 60.0 cm³/mol. The van der Waals surface area contributed by atoms with Crippen LogP contribution in [0, 0.1) is 11.8 Å². The first-order chi connectivity index (χ1) is 7.93. The molecule has 0 fully saturated rings. The van der Waals surface area contributed by atoms with Crippen molar-refractivity contribution in [3.63, 3.8) is 0 Å². The summed E-state index contributed by atoms with van der Waals surface area (Å²) >= 11 is 0. The summed E-state index contributed by atoms with van der Waals surface area (Å²) in [6.07, 6.45) is 0. The molecule has 7 heteroatoms. The highest BCUT2D eigenvalue weighted by Crippen LogP contribution is 2.18. The lowest BCUT2D eigenvalue weighted by Crippen LogP contribution is -2.29. The number of ether oxygens (including phenoxy) is 1. The molecule has 17 heavy (non-hydrogen) atoms. The van der Waals surface area contributed by atoms with Gasteiger partial charge in [-0.05, 0) is 24.2 Å². The zero-order valence-electron chi connectivity index (χ0n) is 9.28. The molecule has 1 atom stereocenters. The SMILES string of the molecule is COC(=O)C(N=O)S(=O)(=O)c1ccc(C)cc1. The summed E-state index contributed by atoms with van der Waals surface area (Å²) in [5, 5.41) is 0.257. The van der Waals surface area contributed by atoms with Crippen molar-refractivity contribution in [1.29, 1.82) is 0 Å². The second kappa shape index (κ2) is 5.05. The first-order valence-corrected chi connectivity index (χ1v) is 6.19. The fraction of sp³-hybridized carbons (Fsp3) is 0.300. The Balaban J connectivity index is 3.22. The van der Waals surface area contributed by atoms with Gasteiger partial charge in [0, 0.05) is 0 Å². The largest absolute Gasteiger partial charge is 0.467 e. The third-order valence-corrected chi connectivity index (χ3v) is 3.94. The minimum Gasteiger partial charge on any atom is -0.467 e. The Kier molecular flexibility index (Phi) is 3.95. The molecular weight excluding hydrogens is 246 g/mol. The normalized spacial score (nSPS) is 12.8. The Morgan fingerprint density at radius 2 is 1.82 bits per heavy atom. The van der Waals surface area contributed by atoms with E-state index in [0.29, 0.717) is 0 Å². The van der Waals surface area contributed by atoms with Gasteiger partial charge >= 0.3 is 5.97 Å². The number of aryl methyl sites for hydroxylation is 1. The smallest absolute Gasteiger partial charge is 0.350 e. The second-order valence-electron chi connectivity index (χ2n) is 3.34. The Labute approximate surface area is 98.5 Å². The van der Waals surface area contributed by atoms with E-state index < -0.39 is 21.2 Å². The lowest BCUT2D eigenvalue weighted by atomic mass is 10.2. The fourth-order valence-electron chi connectivity index (χ4n) is 1.18. The van der Waals surface area contributed by atoms with Gasteiger partial charge in [-0.25, -0.2) is 13.2 Å². The molecule has 0 saturated carbocycles. The van der Waals surface area contributed by atoms with Crippen molar-refractivity contribution in [2.75, 3.05) is 7.11 Å². The van der Waals surface area contributed by atoms with Gasteiger partial charge in [-0.3, -0.25) is 0 Å². The fourth-order valence-corrected chi connectivity index (χ4v) is 2.42. The lowest BCUT2D eigenvalue weighted by Gasteiger charge is -2.08. The standard InChI is InChI=1S/C10H11NO5S/c1-7-3-5-8(6-4-7)17(14,15)9(11-13)10(12)16-2/h3-6,9H,1-2H3. The Hall–Kier alpha value is -1.76. The summed E-state index contributed by atoms with van der Waals surface area (Å²) in [7, 11) is -3.14. The molecule has 0 aliphatic carbocycles. The van der Waals surface area contributed by atoms with E-state index in [2.05, 4.69) is 9.91 Å². The van der Waals surface area contributed by atoms with E-state index in [9.17, 15) is 18.1 Å². The van der Waals surface area contributed by atoms with Crippen LogP contribution in [0.3, 0.4) is 0 Å². The molecule has 0 amide bonds. The van der Waals surface area contributed by atoms with Gasteiger partial charge in [0.2, 0.25) is 9.84 Å². The van der Waals surface area contributed by atoms with E-state index in [1.807, 2.05) is 0 Å². The molecule has 0 N–H and O–H groups in total. The summed E-state index contributed by atoms with van der Waals surface area (Å²) in [4.78, 5) is 21.5. The molecule has 1 unspecified atom stereocenters. The van der Waals surface area contributed by atoms with E-state index in [4.69, 9.17) is 0 Å². The summed E-state index contributed by atoms with van der Waals surface area (Å²) in [5.41, 5.74) is 0.859. The van der Waals surface area contributed by atoms with Crippen molar-refractivity contribution in [2.45, 2.75) is 17.2 Å². The van der Waals surface area contributed by atoms with Crippen LogP contribution in [0.25, 0.3) is 0 Å². The molecule has 6 nitrogen and oxygen atoms in total. The Morgan fingerprint density at radius 1 is 1.29 bits per heavy atom. The topological polar surface area (TPSA) is 89.9 Å². The van der Waals surface area contributed by atoms with Gasteiger partial charge in [0.05, 0.1) is 12.0 Å². The van der Waals surface area contributed by atoms with Crippen molar-refractivity contribution in [3.05, 3.63) is 34.7 Å². The number of methoxy groups -OCH3 is 1. The number of hydrogen-bond acceptors (Lipinski definition) is 6. The number of nitrogens with zero attached hydrogens (tertiary/aromatic N) is 1. The average Bonchev–Trinajstić information content (AvgIpc) is 2.29. The quantitative estimate of drug-likeness (QED) is 0.593. The molecule has 1 aromatic carbocycles. The van der Waals surface area contributed by atoms with Crippen LogP contribution in [0.2, 0.25) is 0 Å². The molecule has 0 aliphatic rings. The van der Waals surface area contributed by atoms with Crippen LogP contribution in [0.5, 0.6) is 0 Å². The number of sulfone groups is 1. The van der Waals surface area contributed by atoms with Gasteiger partial charge in [-0.2, -0.15) is 0 Å². The van der Waals surface area contributed by atoms with Gasteiger partial charge in [-0.1, -0.05) is 17.7 Å². The zero-order valence-corrected chi connectivity index (χ0v) is 10.1. The minimum atomic E-state index is -4.13. The van der Waals surface area contributed by atoms with Crippen LogP contribution in [0.15, 0.2) is 34.3 Å². The molecule has 0 spiro atoms. The third-order valence-electron chi connectivity index (χ3n) is 2.14. The average molecular weight is 257 g/mol. The van der Waals surface area contributed by atoms with Gasteiger partial charge in [0.15, 0.2) is 0 Å². The molecular formula is C10H11NO5S. The van der Waals surface area contributed by atoms with E-state index >= 15 is 0 Å². The highest BCUT2D eigenvalue weighted by molar-refractivity contribution is 7.92. The summed E-state index contributed by atoms with van der Waals surface area (Å²) in [5.74, 6) is -1.19. The highest BCUT2D eigenvalue weighted by atomic mass is 32.2. The van der Waals surface area contributed by atoms with Crippen LogP contribution in [-0.4, -0.2) is 26.9 Å². The maximum Gasteiger partial charge on any atom is 0.350 e. The summed E-state index contributed by atoms with van der Waals surface area (Å²) < 4.78 is 28.0. The van der Waals surface area contributed by atoms with Gasteiger partial charge < -0.3 is 4.74 Å². The van der Waals surface area contributed by atoms with Crippen molar-refractivity contribution < 1.29 is 17.9 Å². The number of carbonyl (C=O) groups excluding carboxylic acids is 1. The monoisotopic (exact) mass is 257 g/mol. The maximum atomic E-state index is 11.9. The van der Waals surface area contributed by atoms with Crippen LogP contribution < -0.4 is 0 Å². The summed E-state index contributed by atoms with van der Waals surface area (Å²) in [6, 6.07) is 5.75. The molecule has 0 aromatic heterocycles. The molecule has 92 valence electrons. The molecule has 0 heterocycles. The van der Waals surface area contributed by atoms with E-state index in [0.717, 1.165) is 12.7 Å². The van der Waals surface area contributed by atoms with Crippen LogP contribution in [-0.2, 0) is 19.4 Å². The third kappa shape index (κ3) is 2.68. The van der Waals surface area contributed by atoms with Crippen LogP contribution in [0.1, 0.15) is 5.56 Å². The molecule has 0 aliphatic heterocycles. The van der Waals surface area contributed by atoms with Crippen molar-refractivity contribution in [3.8, 4) is 0 Å². The van der Waals surface area contributed by atoms with E-state index in [1.165, 1.54) is 12.1 Å². The Bertz CT molecular complexity index is 520. The van der Waals surface area contributed by atoms with E-state index in [1.54, 1.807) is 19.1 Å². The highest BCUT2D eigenvalue weighted by Gasteiger charge is 2.36. The number of benzene rings is 1. The van der Waals surface area contributed by atoms with Crippen molar-refractivity contribution in [1.82, 2.24) is 0 Å².